The molecule has 1 aliphatic rings. The predicted molar refractivity (Wildman–Crippen MR) is 90.2 cm³/mol. The summed E-state index contributed by atoms with van der Waals surface area (Å²) in [4.78, 5) is 28.7. The third kappa shape index (κ3) is 3.18. The zero-order chi connectivity index (χ0) is 17.2. The topological polar surface area (TPSA) is 88.5 Å². The summed E-state index contributed by atoms with van der Waals surface area (Å²) < 4.78 is 5.22. The zero-order valence-electron chi connectivity index (χ0n) is 13.2. The van der Waals surface area contributed by atoms with Crippen LogP contribution in [0.25, 0.3) is 11.3 Å². The lowest BCUT2D eigenvalue weighted by atomic mass is 9.89. The summed E-state index contributed by atoms with van der Waals surface area (Å²) in [6, 6.07) is 5.44. The first kappa shape index (κ1) is 16.6. The second kappa shape index (κ2) is 6.70. The number of nitrogens with zero attached hydrogens (tertiary/aromatic N) is 1. The molecule has 0 spiro atoms. The number of aryl methyl sites for hydroxylation is 1. The van der Waals surface area contributed by atoms with Crippen molar-refractivity contribution in [3.63, 3.8) is 0 Å². The lowest BCUT2D eigenvalue weighted by Gasteiger charge is -2.34. The predicted octanol–water partition coefficient (Wildman–Crippen LogP) is 2.48. The number of hydrogen-bond acceptors (Lipinski definition) is 5. The highest BCUT2D eigenvalue weighted by molar-refractivity contribution is 7.08. The number of carboxylic acid groups (broad SMARTS) is 1. The van der Waals surface area contributed by atoms with E-state index in [1.165, 1.54) is 0 Å². The summed E-state index contributed by atoms with van der Waals surface area (Å²) in [5, 5.41) is 16.2. The van der Waals surface area contributed by atoms with Gasteiger partial charge in [0.25, 0.3) is 5.91 Å². The first-order chi connectivity index (χ1) is 11.5. The second-order valence-corrected chi connectivity index (χ2v) is 6.58. The van der Waals surface area contributed by atoms with Crippen LogP contribution < -0.4 is 5.32 Å². The number of hydrogen-bond donors (Lipinski definition) is 2. The zero-order valence-corrected chi connectivity index (χ0v) is 14.1. The Morgan fingerprint density at radius 3 is 2.62 bits per heavy atom. The number of carboxylic acids is 1. The van der Waals surface area contributed by atoms with Crippen molar-refractivity contribution in [2.75, 3.05) is 13.2 Å². The maximum atomic E-state index is 12.6. The standard InChI is InChI=1S/C17H18N2O4S/c1-11-13(2-3-14(18-11)12-4-9-24-10-12)15(20)19-17(16(21)22)5-7-23-8-6-17/h2-4,9-10H,5-8H2,1H3,(H,19,20)(H,21,22). The Hall–Kier alpha value is -2.25. The van der Waals surface area contributed by atoms with E-state index in [4.69, 9.17) is 4.74 Å². The first-order valence-corrected chi connectivity index (χ1v) is 8.60. The Bertz CT molecular complexity index is 752. The summed E-state index contributed by atoms with van der Waals surface area (Å²) in [6.45, 7) is 2.39. The molecule has 0 bridgehead atoms. The Balaban J connectivity index is 1.83. The van der Waals surface area contributed by atoms with Crippen LogP contribution in [0.15, 0.2) is 29.0 Å². The van der Waals surface area contributed by atoms with Gasteiger partial charge < -0.3 is 15.2 Å². The number of carbonyl (C=O) groups is 2. The fourth-order valence-electron chi connectivity index (χ4n) is 2.77. The van der Waals surface area contributed by atoms with Crippen molar-refractivity contribution in [1.29, 1.82) is 0 Å². The van der Waals surface area contributed by atoms with E-state index in [0.29, 0.717) is 24.5 Å². The van der Waals surface area contributed by atoms with Gasteiger partial charge in [-0.15, -0.1) is 0 Å². The van der Waals surface area contributed by atoms with E-state index in [1.807, 2.05) is 16.8 Å². The molecule has 6 nitrogen and oxygen atoms in total. The normalized spacial score (nSPS) is 16.5. The van der Waals surface area contributed by atoms with E-state index in [9.17, 15) is 14.7 Å². The average molecular weight is 346 g/mol. The molecule has 24 heavy (non-hydrogen) atoms. The van der Waals surface area contributed by atoms with E-state index in [-0.39, 0.29) is 12.8 Å². The van der Waals surface area contributed by atoms with Gasteiger partial charge in [-0.05, 0) is 30.5 Å². The molecular formula is C17H18N2O4S. The van der Waals surface area contributed by atoms with Gasteiger partial charge in [0.1, 0.15) is 5.54 Å². The van der Waals surface area contributed by atoms with Crippen LogP contribution in [0, 0.1) is 6.92 Å². The van der Waals surface area contributed by atoms with Gasteiger partial charge in [-0.1, -0.05) is 0 Å². The van der Waals surface area contributed by atoms with Crippen LogP contribution in [0.4, 0.5) is 0 Å². The van der Waals surface area contributed by atoms with Crippen LogP contribution in [0.1, 0.15) is 28.9 Å². The molecule has 0 atom stereocenters. The summed E-state index contributed by atoms with van der Waals surface area (Å²) in [5.41, 5.74) is 1.49. The van der Waals surface area contributed by atoms with E-state index >= 15 is 0 Å². The molecule has 0 unspecified atom stereocenters. The smallest absolute Gasteiger partial charge is 0.329 e. The van der Waals surface area contributed by atoms with Crippen molar-refractivity contribution in [1.82, 2.24) is 10.3 Å². The molecule has 1 aliphatic heterocycles. The van der Waals surface area contributed by atoms with Crippen LogP contribution in [0.5, 0.6) is 0 Å². The fourth-order valence-corrected chi connectivity index (χ4v) is 3.42. The lowest BCUT2D eigenvalue weighted by molar-refractivity contribution is -0.148. The number of thiophene rings is 1. The first-order valence-electron chi connectivity index (χ1n) is 7.66. The number of amides is 1. The molecule has 7 heteroatoms. The fraction of sp³-hybridized carbons (Fsp3) is 0.353. The third-order valence-electron chi connectivity index (χ3n) is 4.26. The van der Waals surface area contributed by atoms with Crippen LogP contribution >= 0.6 is 11.3 Å². The Labute approximate surface area is 143 Å². The molecular weight excluding hydrogens is 328 g/mol. The SMILES string of the molecule is Cc1nc(-c2ccsc2)ccc1C(=O)NC1(C(=O)O)CCOCC1. The Kier molecular flexibility index (Phi) is 4.64. The van der Waals surface area contributed by atoms with Gasteiger partial charge in [0.15, 0.2) is 0 Å². The van der Waals surface area contributed by atoms with Gasteiger partial charge in [-0.2, -0.15) is 11.3 Å². The third-order valence-corrected chi connectivity index (χ3v) is 4.94. The molecule has 0 radical (unpaired) electrons. The molecule has 0 aliphatic carbocycles. The van der Waals surface area contributed by atoms with Gasteiger partial charge in [0, 0.05) is 37.0 Å². The Morgan fingerprint density at radius 2 is 2.04 bits per heavy atom. The highest BCUT2D eigenvalue weighted by atomic mass is 32.1. The molecule has 0 saturated carbocycles. The number of nitrogens with one attached hydrogen (secondary N) is 1. The Morgan fingerprint density at radius 1 is 1.29 bits per heavy atom. The van der Waals surface area contributed by atoms with Crippen LogP contribution in [0.3, 0.4) is 0 Å². The van der Waals surface area contributed by atoms with Crippen LogP contribution in [-0.2, 0) is 9.53 Å². The van der Waals surface area contributed by atoms with Gasteiger partial charge in [0.05, 0.1) is 17.0 Å². The number of aromatic nitrogens is 1. The van der Waals surface area contributed by atoms with E-state index < -0.39 is 17.4 Å². The molecule has 126 valence electrons. The van der Waals surface area contributed by atoms with E-state index in [1.54, 1.807) is 30.4 Å². The molecule has 2 N–H and O–H groups in total. The summed E-state index contributed by atoms with van der Waals surface area (Å²) in [7, 11) is 0. The largest absolute Gasteiger partial charge is 0.480 e. The van der Waals surface area contributed by atoms with E-state index in [0.717, 1.165) is 11.3 Å². The van der Waals surface area contributed by atoms with Gasteiger partial charge in [-0.25, -0.2) is 4.79 Å². The van der Waals surface area contributed by atoms with Crippen molar-refractivity contribution in [3.05, 3.63) is 40.2 Å². The highest BCUT2D eigenvalue weighted by Gasteiger charge is 2.42. The van der Waals surface area contributed by atoms with Crippen LogP contribution in [-0.4, -0.2) is 40.7 Å². The highest BCUT2D eigenvalue weighted by Crippen LogP contribution is 2.24. The number of ether oxygens (including phenoxy) is 1. The van der Waals surface area contributed by atoms with Crippen molar-refractivity contribution in [2.24, 2.45) is 0 Å². The number of rotatable bonds is 4. The summed E-state index contributed by atoms with van der Waals surface area (Å²) in [5.74, 6) is -1.44. The quantitative estimate of drug-likeness (QED) is 0.888. The van der Waals surface area contributed by atoms with Gasteiger partial charge in [0.2, 0.25) is 0 Å². The lowest BCUT2D eigenvalue weighted by Crippen LogP contribution is -2.57. The molecule has 2 aromatic rings. The molecule has 3 rings (SSSR count). The van der Waals surface area contributed by atoms with Crippen molar-refractivity contribution in [3.8, 4) is 11.3 Å². The van der Waals surface area contributed by atoms with Gasteiger partial charge >= 0.3 is 5.97 Å². The minimum atomic E-state index is -1.27. The van der Waals surface area contributed by atoms with Crippen molar-refractivity contribution in [2.45, 2.75) is 25.3 Å². The minimum absolute atomic E-state index is 0.257. The minimum Gasteiger partial charge on any atom is -0.480 e. The van der Waals surface area contributed by atoms with E-state index in [2.05, 4.69) is 10.3 Å². The summed E-state index contributed by atoms with van der Waals surface area (Å²) >= 11 is 1.58. The van der Waals surface area contributed by atoms with Crippen molar-refractivity contribution >= 4 is 23.2 Å². The van der Waals surface area contributed by atoms with Gasteiger partial charge in [-0.3, -0.25) is 9.78 Å². The molecule has 3 heterocycles. The number of aliphatic carboxylic acids is 1. The molecule has 0 aromatic carbocycles. The maximum Gasteiger partial charge on any atom is 0.329 e. The number of pyridine rings is 1. The molecule has 1 fully saturated rings. The molecule has 1 amide bonds. The molecule has 2 aromatic heterocycles. The second-order valence-electron chi connectivity index (χ2n) is 5.80. The average Bonchev–Trinajstić information content (AvgIpc) is 3.09. The number of carbonyl (C=O) groups excluding carboxylic acids is 1. The van der Waals surface area contributed by atoms with Crippen LogP contribution in [0.2, 0.25) is 0 Å². The molecule has 1 saturated heterocycles. The van der Waals surface area contributed by atoms with Crippen molar-refractivity contribution < 1.29 is 19.4 Å². The monoisotopic (exact) mass is 346 g/mol. The summed E-state index contributed by atoms with van der Waals surface area (Å²) in [6.07, 6.45) is 0.515. The maximum absolute atomic E-state index is 12.6.